The van der Waals surface area contributed by atoms with Crippen molar-refractivity contribution in [3.8, 4) is 0 Å². The molecule has 1 heterocycles. The van der Waals surface area contributed by atoms with Crippen molar-refractivity contribution in [2.75, 3.05) is 5.32 Å². The van der Waals surface area contributed by atoms with Crippen LogP contribution in [0.15, 0.2) is 0 Å². The van der Waals surface area contributed by atoms with E-state index in [1.807, 2.05) is 27.7 Å². The molecule has 1 rings (SSSR count). The number of hydrogen-bond donors (Lipinski definition) is 1. The zero-order valence-corrected chi connectivity index (χ0v) is 10.4. The van der Waals surface area contributed by atoms with E-state index in [1.165, 1.54) is 11.3 Å². The minimum atomic E-state index is -0.349. The highest BCUT2D eigenvalue weighted by Crippen LogP contribution is 2.23. The second kappa shape index (κ2) is 4.70. The summed E-state index contributed by atoms with van der Waals surface area (Å²) in [6.07, 6.45) is 1.66. The van der Waals surface area contributed by atoms with E-state index < -0.39 is 0 Å². The first-order chi connectivity index (χ1) is 6.99. The fraction of sp³-hybridized carbons (Fsp3) is 0.700. The van der Waals surface area contributed by atoms with Crippen molar-refractivity contribution in [2.45, 2.75) is 40.5 Å². The molecule has 0 saturated heterocycles. The van der Waals surface area contributed by atoms with Crippen LogP contribution >= 0.6 is 11.3 Å². The molecule has 0 aromatic carbocycles. The first kappa shape index (κ1) is 12.1. The Balaban J connectivity index is 2.66. The number of amides is 1. The van der Waals surface area contributed by atoms with Crippen molar-refractivity contribution in [1.82, 2.24) is 10.2 Å². The summed E-state index contributed by atoms with van der Waals surface area (Å²) in [5.41, 5.74) is -0.349. The van der Waals surface area contributed by atoms with Gasteiger partial charge in [-0.3, -0.25) is 4.79 Å². The number of anilines is 1. The van der Waals surface area contributed by atoms with Gasteiger partial charge in [0.25, 0.3) is 0 Å². The first-order valence-corrected chi connectivity index (χ1v) is 5.95. The van der Waals surface area contributed by atoms with Crippen LogP contribution in [0.4, 0.5) is 5.13 Å². The van der Waals surface area contributed by atoms with Gasteiger partial charge >= 0.3 is 0 Å². The molecule has 0 aliphatic heterocycles. The van der Waals surface area contributed by atoms with Crippen molar-refractivity contribution in [1.29, 1.82) is 0 Å². The second-order valence-electron chi connectivity index (χ2n) is 4.05. The summed E-state index contributed by atoms with van der Waals surface area (Å²) in [5, 5.41) is 12.2. The number of hydrogen-bond acceptors (Lipinski definition) is 4. The van der Waals surface area contributed by atoms with Gasteiger partial charge in [0, 0.05) is 5.41 Å². The van der Waals surface area contributed by atoms with E-state index >= 15 is 0 Å². The number of aromatic nitrogens is 2. The van der Waals surface area contributed by atoms with Gasteiger partial charge in [-0.05, 0) is 12.8 Å². The van der Waals surface area contributed by atoms with Crippen molar-refractivity contribution in [3.05, 3.63) is 5.01 Å². The van der Waals surface area contributed by atoms with Crippen LogP contribution < -0.4 is 5.32 Å². The molecule has 84 valence electrons. The molecule has 1 amide bonds. The molecule has 0 fully saturated rings. The topological polar surface area (TPSA) is 54.9 Å². The summed E-state index contributed by atoms with van der Waals surface area (Å²) in [4.78, 5) is 11.8. The van der Waals surface area contributed by atoms with Crippen LogP contribution in [0.1, 0.15) is 39.1 Å². The standard InChI is InChI=1S/C10H17N3OS/c1-5-7-12-13-9(15-7)11-8(14)10(3,4)6-2/h5-6H2,1-4H3,(H,11,13,14). The molecule has 1 N–H and O–H groups in total. The molecule has 0 unspecified atom stereocenters. The Hall–Kier alpha value is -0.970. The van der Waals surface area contributed by atoms with Crippen molar-refractivity contribution < 1.29 is 4.79 Å². The minimum absolute atomic E-state index is 0.00352. The fourth-order valence-corrected chi connectivity index (χ4v) is 1.55. The van der Waals surface area contributed by atoms with E-state index in [9.17, 15) is 4.79 Å². The highest BCUT2D eigenvalue weighted by molar-refractivity contribution is 7.15. The third kappa shape index (κ3) is 2.99. The Kier molecular flexibility index (Phi) is 3.79. The highest BCUT2D eigenvalue weighted by Gasteiger charge is 2.26. The maximum atomic E-state index is 11.8. The lowest BCUT2D eigenvalue weighted by Gasteiger charge is -2.19. The molecule has 1 aromatic rings. The van der Waals surface area contributed by atoms with Crippen molar-refractivity contribution in [3.63, 3.8) is 0 Å². The van der Waals surface area contributed by atoms with Crippen LogP contribution in [0.25, 0.3) is 0 Å². The first-order valence-electron chi connectivity index (χ1n) is 5.13. The Morgan fingerprint density at radius 3 is 2.53 bits per heavy atom. The zero-order chi connectivity index (χ0) is 11.5. The molecule has 0 saturated carbocycles. The number of nitrogens with zero attached hydrogens (tertiary/aromatic N) is 2. The summed E-state index contributed by atoms with van der Waals surface area (Å²) < 4.78 is 0. The van der Waals surface area contributed by atoms with Crippen molar-refractivity contribution >= 4 is 22.4 Å². The zero-order valence-electron chi connectivity index (χ0n) is 9.63. The van der Waals surface area contributed by atoms with E-state index in [4.69, 9.17) is 0 Å². The third-order valence-electron chi connectivity index (χ3n) is 2.49. The van der Waals surface area contributed by atoms with Crippen LogP contribution in [0.2, 0.25) is 0 Å². The van der Waals surface area contributed by atoms with E-state index in [1.54, 1.807) is 0 Å². The molecule has 5 heteroatoms. The molecule has 0 aliphatic carbocycles. The summed E-state index contributed by atoms with van der Waals surface area (Å²) in [7, 11) is 0. The normalized spacial score (nSPS) is 11.5. The number of aryl methyl sites for hydroxylation is 1. The second-order valence-corrected chi connectivity index (χ2v) is 5.11. The lowest BCUT2D eigenvalue weighted by atomic mass is 9.89. The maximum Gasteiger partial charge on any atom is 0.231 e. The Morgan fingerprint density at radius 2 is 2.07 bits per heavy atom. The molecule has 15 heavy (non-hydrogen) atoms. The van der Waals surface area contributed by atoms with Gasteiger partial charge in [-0.1, -0.05) is 39.0 Å². The van der Waals surface area contributed by atoms with Gasteiger partial charge in [0.1, 0.15) is 5.01 Å². The average molecular weight is 227 g/mol. The van der Waals surface area contributed by atoms with E-state index in [2.05, 4.69) is 15.5 Å². The van der Waals surface area contributed by atoms with Crippen LogP contribution in [0.3, 0.4) is 0 Å². The van der Waals surface area contributed by atoms with Gasteiger partial charge < -0.3 is 5.32 Å². The molecule has 0 spiro atoms. The molecule has 0 bridgehead atoms. The summed E-state index contributed by atoms with van der Waals surface area (Å²) >= 11 is 1.43. The quantitative estimate of drug-likeness (QED) is 0.859. The summed E-state index contributed by atoms with van der Waals surface area (Å²) in [6.45, 7) is 7.85. The van der Waals surface area contributed by atoms with Crippen LogP contribution in [-0.4, -0.2) is 16.1 Å². The fourth-order valence-electron chi connectivity index (χ4n) is 0.874. The van der Waals surface area contributed by atoms with Gasteiger partial charge in [0.2, 0.25) is 11.0 Å². The van der Waals surface area contributed by atoms with Gasteiger partial charge in [-0.2, -0.15) is 0 Å². The number of rotatable bonds is 4. The smallest absolute Gasteiger partial charge is 0.231 e. The highest BCUT2D eigenvalue weighted by atomic mass is 32.1. The molecule has 0 aliphatic rings. The van der Waals surface area contributed by atoms with Crippen LogP contribution in [0, 0.1) is 5.41 Å². The predicted molar refractivity (Wildman–Crippen MR) is 62.0 cm³/mol. The van der Waals surface area contributed by atoms with Gasteiger partial charge in [0.15, 0.2) is 0 Å². The number of nitrogens with one attached hydrogen (secondary N) is 1. The van der Waals surface area contributed by atoms with E-state index in [-0.39, 0.29) is 11.3 Å². The number of carbonyl (C=O) groups excluding carboxylic acids is 1. The molecule has 4 nitrogen and oxygen atoms in total. The average Bonchev–Trinajstić information content (AvgIpc) is 2.65. The molecule has 0 atom stereocenters. The lowest BCUT2D eigenvalue weighted by Crippen LogP contribution is -2.29. The molecular weight excluding hydrogens is 210 g/mol. The largest absolute Gasteiger partial charge is 0.300 e. The predicted octanol–water partition coefficient (Wildman–Crippen LogP) is 2.48. The Labute approximate surface area is 94.1 Å². The molecule has 0 radical (unpaired) electrons. The minimum Gasteiger partial charge on any atom is -0.300 e. The third-order valence-corrected chi connectivity index (χ3v) is 3.47. The monoisotopic (exact) mass is 227 g/mol. The van der Waals surface area contributed by atoms with Gasteiger partial charge in [-0.25, -0.2) is 0 Å². The molecular formula is C10H17N3OS. The Bertz CT molecular complexity index is 346. The summed E-state index contributed by atoms with van der Waals surface area (Å²) in [6, 6.07) is 0. The Morgan fingerprint density at radius 1 is 1.40 bits per heavy atom. The van der Waals surface area contributed by atoms with Gasteiger partial charge in [-0.15, -0.1) is 10.2 Å². The summed E-state index contributed by atoms with van der Waals surface area (Å²) in [5.74, 6) is 0.00352. The maximum absolute atomic E-state index is 11.8. The van der Waals surface area contributed by atoms with Gasteiger partial charge in [0.05, 0.1) is 0 Å². The van der Waals surface area contributed by atoms with Crippen LogP contribution in [-0.2, 0) is 11.2 Å². The van der Waals surface area contributed by atoms with E-state index in [0.29, 0.717) is 5.13 Å². The van der Waals surface area contributed by atoms with Crippen molar-refractivity contribution in [2.24, 2.45) is 5.41 Å². The lowest BCUT2D eigenvalue weighted by molar-refractivity contribution is -0.124. The SMILES string of the molecule is CCc1nnc(NC(=O)C(C)(C)CC)s1. The molecule has 1 aromatic heterocycles. The number of carbonyl (C=O) groups is 1. The van der Waals surface area contributed by atoms with E-state index in [0.717, 1.165) is 17.8 Å². The van der Waals surface area contributed by atoms with Crippen LogP contribution in [0.5, 0.6) is 0 Å².